The van der Waals surface area contributed by atoms with Crippen molar-refractivity contribution in [2.75, 3.05) is 0 Å². The van der Waals surface area contributed by atoms with Crippen molar-refractivity contribution in [1.82, 2.24) is 15.1 Å². The van der Waals surface area contributed by atoms with Crippen LogP contribution in [0, 0.1) is 32.6 Å². The summed E-state index contributed by atoms with van der Waals surface area (Å²) in [6.45, 7) is 11.6. The highest BCUT2D eigenvalue weighted by molar-refractivity contribution is 5.77. The number of aromatic nitrogens is 2. The van der Waals surface area contributed by atoms with Crippen LogP contribution in [-0.4, -0.2) is 15.7 Å². The van der Waals surface area contributed by atoms with E-state index >= 15 is 0 Å². The zero-order chi connectivity index (χ0) is 19.6. The number of benzene rings is 1. The van der Waals surface area contributed by atoms with Crippen LogP contribution in [0.1, 0.15) is 67.2 Å². The van der Waals surface area contributed by atoms with E-state index in [2.05, 4.69) is 74.0 Å². The minimum absolute atomic E-state index is 0.142. The molecule has 2 aromatic rings. The lowest BCUT2D eigenvalue weighted by Crippen LogP contribution is -2.30. The molecular weight excluding hydrogens is 334 g/mol. The third kappa shape index (κ3) is 5.00. The Bertz CT molecular complexity index is 785. The van der Waals surface area contributed by atoms with Gasteiger partial charge in [0.05, 0.1) is 11.7 Å². The third-order valence-electron chi connectivity index (χ3n) is 5.52. The molecular formula is C23H33N3O. The van der Waals surface area contributed by atoms with Crippen molar-refractivity contribution in [3.8, 4) is 0 Å². The van der Waals surface area contributed by atoms with Crippen LogP contribution in [0.5, 0.6) is 0 Å². The number of hydrogen-bond acceptors (Lipinski definition) is 2. The lowest BCUT2D eigenvalue weighted by Gasteiger charge is -2.19. The standard InChI is InChI=1S/C23H33N3O/c1-15(2)14-26-18(5)21(17(4)25-26)12-13-22(27)24-23(20-10-11-20)19-8-6-16(3)7-9-19/h6-9,15,20,23H,10-14H2,1-5H3,(H,24,27). The molecule has 1 fully saturated rings. The van der Waals surface area contributed by atoms with Gasteiger partial charge in [-0.05, 0) is 63.0 Å². The summed E-state index contributed by atoms with van der Waals surface area (Å²) in [5.41, 5.74) is 5.96. The Hall–Kier alpha value is -2.10. The number of nitrogens with zero attached hydrogens (tertiary/aromatic N) is 2. The van der Waals surface area contributed by atoms with Crippen LogP contribution in [0.25, 0.3) is 0 Å². The predicted molar refractivity (Wildman–Crippen MR) is 110 cm³/mol. The lowest BCUT2D eigenvalue weighted by molar-refractivity contribution is -0.122. The van der Waals surface area contributed by atoms with E-state index in [0.29, 0.717) is 18.3 Å². The molecule has 0 bridgehead atoms. The second-order valence-corrected chi connectivity index (χ2v) is 8.52. The number of hydrogen-bond donors (Lipinski definition) is 1. The summed E-state index contributed by atoms with van der Waals surface area (Å²) in [5.74, 6) is 1.30. The maximum atomic E-state index is 12.7. The fourth-order valence-electron chi connectivity index (χ4n) is 3.78. The minimum atomic E-state index is 0.142. The SMILES string of the molecule is Cc1ccc(C(NC(=O)CCc2c(C)nn(CC(C)C)c2C)C2CC2)cc1. The number of nitrogens with one attached hydrogen (secondary N) is 1. The van der Waals surface area contributed by atoms with E-state index in [0.717, 1.165) is 18.7 Å². The molecule has 0 spiro atoms. The van der Waals surface area contributed by atoms with E-state index < -0.39 is 0 Å². The smallest absolute Gasteiger partial charge is 0.220 e. The maximum Gasteiger partial charge on any atom is 0.220 e. The molecule has 3 rings (SSSR count). The second-order valence-electron chi connectivity index (χ2n) is 8.52. The van der Waals surface area contributed by atoms with Gasteiger partial charge in [0.2, 0.25) is 5.91 Å². The van der Waals surface area contributed by atoms with Gasteiger partial charge in [0.25, 0.3) is 0 Å². The Morgan fingerprint density at radius 2 is 1.85 bits per heavy atom. The number of carbonyl (C=O) groups excluding carboxylic acids is 1. The van der Waals surface area contributed by atoms with E-state index in [-0.39, 0.29) is 11.9 Å². The first-order chi connectivity index (χ1) is 12.8. The summed E-state index contributed by atoms with van der Waals surface area (Å²) in [6.07, 6.45) is 3.69. The van der Waals surface area contributed by atoms with Crippen molar-refractivity contribution in [3.05, 3.63) is 52.3 Å². The Kier molecular flexibility index (Phi) is 6.03. The van der Waals surface area contributed by atoms with Gasteiger partial charge in [-0.2, -0.15) is 5.10 Å². The molecule has 1 saturated carbocycles. The largest absolute Gasteiger partial charge is 0.349 e. The van der Waals surface area contributed by atoms with Crippen molar-refractivity contribution in [1.29, 1.82) is 0 Å². The van der Waals surface area contributed by atoms with Gasteiger partial charge in [-0.15, -0.1) is 0 Å². The normalized spacial score (nSPS) is 15.2. The van der Waals surface area contributed by atoms with Gasteiger partial charge >= 0.3 is 0 Å². The summed E-state index contributed by atoms with van der Waals surface area (Å²) < 4.78 is 2.09. The second kappa shape index (κ2) is 8.28. The molecule has 1 aliphatic carbocycles. The van der Waals surface area contributed by atoms with Crippen molar-refractivity contribution in [3.63, 3.8) is 0 Å². The molecule has 1 amide bonds. The average Bonchev–Trinajstić information content (AvgIpc) is 3.40. The number of carbonyl (C=O) groups is 1. The van der Waals surface area contributed by atoms with Crippen LogP contribution in [0.15, 0.2) is 24.3 Å². The highest BCUT2D eigenvalue weighted by atomic mass is 16.1. The highest BCUT2D eigenvalue weighted by Gasteiger charge is 2.33. The first kappa shape index (κ1) is 19.7. The molecule has 146 valence electrons. The Morgan fingerprint density at radius 1 is 1.19 bits per heavy atom. The molecule has 1 aromatic heterocycles. The summed E-state index contributed by atoms with van der Waals surface area (Å²) in [4.78, 5) is 12.7. The van der Waals surface area contributed by atoms with Crippen LogP contribution in [0.2, 0.25) is 0 Å². The first-order valence-electron chi connectivity index (χ1n) is 10.2. The Morgan fingerprint density at radius 3 is 2.44 bits per heavy atom. The quantitative estimate of drug-likeness (QED) is 0.737. The summed E-state index contributed by atoms with van der Waals surface area (Å²) in [6, 6.07) is 8.73. The number of amides is 1. The van der Waals surface area contributed by atoms with Crippen LogP contribution in [0.4, 0.5) is 0 Å². The fourth-order valence-corrected chi connectivity index (χ4v) is 3.78. The van der Waals surface area contributed by atoms with E-state index in [1.54, 1.807) is 0 Å². The van der Waals surface area contributed by atoms with Crippen LogP contribution >= 0.6 is 0 Å². The first-order valence-corrected chi connectivity index (χ1v) is 10.2. The molecule has 0 radical (unpaired) electrons. The topological polar surface area (TPSA) is 46.9 Å². The van der Waals surface area contributed by atoms with Crippen molar-refractivity contribution in [2.24, 2.45) is 11.8 Å². The monoisotopic (exact) mass is 367 g/mol. The van der Waals surface area contributed by atoms with E-state index in [4.69, 9.17) is 0 Å². The van der Waals surface area contributed by atoms with E-state index in [9.17, 15) is 4.79 Å². The molecule has 4 heteroatoms. The van der Waals surface area contributed by atoms with E-state index in [1.807, 2.05) is 0 Å². The van der Waals surface area contributed by atoms with Crippen molar-refractivity contribution in [2.45, 2.75) is 72.9 Å². The molecule has 1 heterocycles. The maximum absolute atomic E-state index is 12.7. The Balaban J connectivity index is 1.62. The Labute approximate surface area is 163 Å². The van der Waals surface area contributed by atoms with E-state index in [1.165, 1.54) is 35.2 Å². The number of rotatable bonds is 8. The predicted octanol–water partition coefficient (Wildman–Crippen LogP) is 4.66. The van der Waals surface area contributed by atoms with Gasteiger partial charge in [0.1, 0.15) is 0 Å². The van der Waals surface area contributed by atoms with Crippen LogP contribution in [0.3, 0.4) is 0 Å². The zero-order valence-corrected chi connectivity index (χ0v) is 17.4. The van der Waals surface area contributed by atoms with Gasteiger partial charge in [0, 0.05) is 18.7 Å². The van der Waals surface area contributed by atoms with Crippen LogP contribution < -0.4 is 5.32 Å². The molecule has 1 unspecified atom stereocenters. The number of aryl methyl sites for hydroxylation is 2. The third-order valence-corrected chi connectivity index (χ3v) is 5.52. The molecule has 27 heavy (non-hydrogen) atoms. The summed E-state index contributed by atoms with van der Waals surface area (Å²) in [7, 11) is 0. The average molecular weight is 368 g/mol. The van der Waals surface area contributed by atoms with Gasteiger partial charge in [-0.1, -0.05) is 43.7 Å². The molecule has 4 nitrogen and oxygen atoms in total. The molecule has 1 atom stereocenters. The van der Waals surface area contributed by atoms with Gasteiger partial charge in [-0.25, -0.2) is 0 Å². The van der Waals surface area contributed by atoms with Gasteiger partial charge < -0.3 is 5.32 Å². The molecule has 0 saturated heterocycles. The van der Waals surface area contributed by atoms with Gasteiger partial charge in [0.15, 0.2) is 0 Å². The molecule has 1 aliphatic rings. The zero-order valence-electron chi connectivity index (χ0n) is 17.4. The van der Waals surface area contributed by atoms with Crippen molar-refractivity contribution < 1.29 is 4.79 Å². The van der Waals surface area contributed by atoms with Gasteiger partial charge in [-0.3, -0.25) is 9.48 Å². The minimum Gasteiger partial charge on any atom is -0.349 e. The molecule has 0 aliphatic heterocycles. The molecule has 1 aromatic carbocycles. The summed E-state index contributed by atoms with van der Waals surface area (Å²) >= 11 is 0. The highest BCUT2D eigenvalue weighted by Crippen LogP contribution is 2.41. The summed E-state index contributed by atoms with van der Waals surface area (Å²) in [5, 5.41) is 7.96. The fraction of sp³-hybridized carbons (Fsp3) is 0.565. The van der Waals surface area contributed by atoms with Crippen LogP contribution in [-0.2, 0) is 17.8 Å². The molecule has 1 N–H and O–H groups in total. The lowest BCUT2D eigenvalue weighted by atomic mass is 10.0. The van der Waals surface area contributed by atoms with Crippen molar-refractivity contribution >= 4 is 5.91 Å².